The highest BCUT2D eigenvalue weighted by Gasteiger charge is 2.43. The van der Waals surface area contributed by atoms with Gasteiger partial charge >= 0.3 is 11.9 Å². The van der Waals surface area contributed by atoms with Crippen LogP contribution in [-0.2, 0) is 14.3 Å². The summed E-state index contributed by atoms with van der Waals surface area (Å²) < 4.78 is 16.4. The molecule has 3 unspecified atom stereocenters. The molecule has 43 heavy (non-hydrogen) atoms. The molecule has 1 aliphatic rings. The SMILES string of the molecule is CCOC(=O)C1=C(CN(C)CC(C)(C)NCC(O)COc2ccccc2OC)N=C(C)C(C(=O)O)C1c1ccccc1Cl. The topological polar surface area (TPSA) is 130 Å². The van der Waals surface area contributed by atoms with E-state index in [0.29, 0.717) is 40.0 Å². The minimum absolute atomic E-state index is 0.0806. The van der Waals surface area contributed by atoms with Crippen LogP contribution < -0.4 is 14.8 Å². The standard InChI is InChI=1S/C32H42ClN3O7/c1-7-42-31(40)29-24(35-20(2)27(30(38)39)28(29)22-12-8-9-13-23(22)33)17-36(5)19-32(3,4)34-16-21(37)18-43-26-15-11-10-14-25(26)41-6/h8-15,21,27-28,34,37H,7,16-19H2,1-6H3,(H,38,39). The van der Waals surface area contributed by atoms with Crippen molar-refractivity contribution in [1.82, 2.24) is 10.2 Å². The first kappa shape index (κ1) is 34.1. The van der Waals surface area contributed by atoms with Crippen molar-refractivity contribution in [3.05, 3.63) is 70.4 Å². The number of aliphatic imine (C=N–C) groups is 1. The minimum Gasteiger partial charge on any atom is -0.493 e. The van der Waals surface area contributed by atoms with Gasteiger partial charge in [0.2, 0.25) is 0 Å². The number of para-hydroxylation sites is 2. The number of methoxy groups -OCH3 is 1. The smallest absolute Gasteiger partial charge is 0.336 e. The van der Waals surface area contributed by atoms with Crippen molar-refractivity contribution >= 4 is 29.3 Å². The molecular formula is C32H42ClN3O7. The van der Waals surface area contributed by atoms with Gasteiger partial charge in [0.1, 0.15) is 18.6 Å². The predicted molar refractivity (Wildman–Crippen MR) is 166 cm³/mol. The number of carbonyl (C=O) groups excluding carboxylic acids is 1. The first-order chi connectivity index (χ1) is 20.4. The first-order valence-corrected chi connectivity index (χ1v) is 14.6. The predicted octanol–water partition coefficient (Wildman–Crippen LogP) is 4.16. The fourth-order valence-corrected chi connectivity index (χ4v) is 5.56. The Bertz CT molecular complexity index is 1340. The van der Waals surface area contributed by atoms with Crippen molar-refractivity contribution in [2.24, 2.45) is 10.9 Å². The molecule has 11 heteroatoms. The molecule has 1 aliphatic heterocycles. The van der Waals surface area contributed by atoms with Gasteiger partial charge in [0, 0.05) is 41.8 Å². The number of nitrogens with zero attached hydrogens (tertiary/aromatic N) is 2. The number of aliphatic hydroxyl groups is 1. The molecule has 10 nitrogen and oxygen atoms in total. The number of esters is 1. The van der Waals surface area contributed by atoms with Crippen molar-refractivity contribution in [3.8, 4) is 11.5 Å². The molecule has 0 aliphatic carbocycles. The lowest BCUT2D eigenvalue weighted by molar-refractivity contribution is -0.141. The number of β-amino-alcohol motifs (C(OH)–C–C–N with tert-alkyl or cyclic N) is 1. The molecule has 0 spiro atoms. The van der Waals surface area contributed by atoms with Crippen LogP contribution in [0.3, 0.4) is 0 Å². The van der Waals surface area contributed by atoms with E-state index < -0.39 is 35.4 Å². The van der Waals surface area contributed by atoms with Gasteiger partial charge in [0.05, 0.1) is 25.0 Å². The lowest BCUT2D eigenvalue weighted by atomic mass is 9.75. The van der Waals surface area contributed by atoms with Crippen LogP contribution in [0.1, 0.15) is 39.2 Å². The van der Waals surface area contributed by atoms with Crippen molar-refractivity contribution < 1.29 is 34.0 Å². The third-order valence-electron chi connectivity index (χ3n) is 7.12. The molecule has 3 N–H and O–H groups in total. The van der Waals surface area contributed by atoms with E-state index in [9.17, 15) is 19.8 Å². The van der Waals surface area contributed by atoms with Crippen LogP contribution in [0.5, 0.6) is 11.5 Å². The summed E-state index contributed by atoms with van der Waals surface area (Å²) in [5.41, 5.74) is 1.07. The number of aliphatic carboxylic acids is 1. The largest absolute Gasteiger partial charge is 0.493 e. The summed E-state index contributed by atoms with van der Waals surface area (Å²) >= 11 is 6.53. The van der Waals surface area contributed by atoms with Gasteiger partial charge in [0.15, 0.2) is 11.5 Å². The van der Waals surface area contributed by atoms with Gasteiger partial charge < -0.3 is 29.7 Å². The second-order valence-corrected chi connectivity index (χ2v) is 11.6. The van der Waals surface area contributed by atoms with E-state index in [4.69, 9.17) is 25.8 Å². The van der Waals surface area contributed by atoms with Crippen molar-refractivity contribution in [3.63, 3.8) is 0 Å². The fourth-order valence-electron chi connectivity index (χ4n) is 5.31. The van der Waals surface area contributed by atoms with E-state index >= 15 is 0 Å². The third kappa shape index (κ3) is 9.03. The van der Waals surface area contributed by atoms with Gasteiger partial charge in [-0.05, 0) is 58.5 Å². The Morgan fingerprint density at radius 2 is 1.79 bits per heavy atom. The average Bonchev–Trinajstić information content (AvgIpc) is 2.94. The number of nitrogens with one attached hydrogen (secondary N) is 1. The van der Waals surface area contributed by atoms with Crippen LogP contribution in [0.25, 0.3) is 0 Å². The Morgan fingerprint density at radius 1 is 1.14 bits per heavy atom. The number of likely N-dealkylation sites (N-methyl/N-ethyl adjacent to an activating group) is 1. The summed E-state index contributed by atoms with van der Waals surface area (Å²) in [5, 5.41) is 24.5. The molecule has 2 aromatic carbocycles. The number of carboxylic acids is 1. The zero-order chi connectivity index (χ0) is 31.7. The molecule has 2 aromatic rings. The minimum atomic E-state index is -1.10. The number of ether oxygens (including phenoxy) is 3. The molecule has 0 aromatic heterocycles. The quantitative estimate of drug-likeness (QED) is 0.253. The summed E-state index contributed by atoms with van der Waals surface area (Å²) in [6.07, 6.45) is -0.775. The van der Waals surface area contributed by atoms with E-state index in [2.05, 4.69) is 10.3 Å². The first-order valence-electron chi connectivity index (χ1n) is 14.2. The molecular weight excluding hydrogens is 574 g/mol. The van der Waals surface area contributed by atoms with E-state index in [1.807, 2.05) is 37.9 Å². The van der Waals surface area contributed by atoms with Crippen molar-refractivity contribution in [2.75, 3.05) is 47.0 Å². The number of hydrogen-bond acceptors (Lipinski definition) is 9. The summed E-state index contributed by atoms with van der Waals surface area (Å²) in [5.74, 6) is -2.51. The lowest BCUT2D eigenvalue weighted by Crippen LogP contribution is -2.51. The van der Waals surface area contributed by atoms with E-state index in [1.54, 1.807) is 57.4 Å². The van der Waals surface area contributed by atoms with Gasteiger partial charge in [-0.3, -0.25) is 14.7 Å². The maximum absolute atomic E-state index is 13.4. The number of hydrogen-bond donors (Lipinski definition) is 3. The summed E-state index contributed by atoms with van der Waals surface area (Å²) in [6, 6.07) is 14.2. The molecule has 0 saturated heterocycles. The molecule has 3 rings (SSSR count). The van der Waals surface area contributed by atoms with Crippen molar-refractivity contribution in [2.45, 2.75) is 45.3 Å². The van der Waals surface area contributed by atoms with Gasteiger partial charge in [-0.15, -0.1) is 0 Å². The molecule has 234 valence electrons. The highest BCUT2D eigenvalue weighted by atomic mass is 35.5. The molecule has 0 bridgehead atoms. The maximum Gasteiger partial charge on any atom is 0.336 e. The van der Waals surface area contributed by atoms with Crippen LogP contribution in [0.2, 0.25) is 5.02 Å². The maximum atomic E-state index is 13.4. The highest BCUT2D eigenvalue weighted by Crippen LogP contribution is 2.42. The van der Waals surface area contributed by atoms with Gasteiger partial charge in [-0.2, -0.15) is 0 Å². The van der Waals surface area contributed by atoms with E-state index in [1.165, 1.54) is 0 Å². The Kier molecular flexibility index (Phi) is 12.1. The van der Waals surface area contributed by atoms with E-state index in [-0.39, 0.29) is 31.9 Å². The van der Waals surface area contributed by atoms with Crippen LogP contribution >= 0.6 is 11.6 Å². The number of rotatable bonds is 15. The Hall–Kier alpha value is -3.44. The Labute approximate surface area is 258 Å². The average molecular weight is 616 g/mol. The van der Waals surface area contributed by atoms with Crippen molar-refractivity contribution in [1.29, 1.82) is 0 Å². The Balaban J connectivity index is 1.77. The summed E-state index contributed by atoms with van der Waals surface area (Å²) in [6.45, 7) is 8.61. The number of benzene rings is 2. The molecule has 0 saturated carbocycles. The zero-order valence-corrected chi connectivity index (χ0v) is 26.4. The lowest BCUT2D eigenvalue weighted by Gasteiger charge is -2.35. The third-order valence-corrected chi connectivity index (χ3v) is 7.46. The van der Waals surface area contributed by atoms with E-state index in [0.717, 1.165) is 0 Å². The zero-order valence-electron chi connectivity index (χ0n) is 25.6. The van der Waals surface area contributed by atoms with Crippen LogP contribution in [0.15, 0.2) is 64.8 Å². The Morgan fingerprint density at radius 3 is 2.42 bits per heavy atom. The monoisotopic (exact) mass is 615 g/mol. The molecule has 0 amide bonds. The summed E-state index contributed by atoms with van der Waals surface area (Å²) in [4.78, 5) is 32.4. The normalized spacial score (nSPS) is 17.8. The van der Waals surface area contributed by atoms with Crippen LogP contribution in [0, 0.1) is 5.92 Å². The number of carboxylic acid groups (broad SMARTS) is 1. The van der Waals surface area contributed by atoms with Crippen LogP contribution in [0.4, 0.5) is 0 Å². The number of aliphatic hydroxyl groups excluding tert-OH is 1. The van der Waals surface area contributed by atoms with Gasteiger partial charge in [0.25, 0.3) is 0 Å². The molecule has 1 heterocycles. The highest BCUT2D eigenvalue weighted by molar-refractivity contribution is 6.31. The summed E-state index contributed by atoms with van der Waals surface area (Å²) in [7, 11) is 3.45. The second-order valence-electron chi connectivity index (χ2n) is 11.2. The van der Waals surface area contributed by atoms with Gasteiger partial charge in [-0.1, -0.05) is 41.9 Å². The second kappa shape index (κ2) is 15.3. The van der Waals surface area contributed by atoms with Crippen LogP contribution in [-0.4, -0.2) is 91.4 Å². The molecule has 3 atom stereocenters. The molecule has 0 radical (unpaired) electrons. The molecule has 0 fully saturated rings. The van der Waals surface area contributed by atoms with Gasteiger partial charge in [-0.25, -0.2) is 4.79 Å². The number of halogens is 1. The fraction of sp³-hybridized carbons (Fsp3) is 0.469. The number of carbonyl (C=O) groups is 2.